The fourth-order valence-electron chi connectivity index (χ4n) is 2.69. The van der Waals surface area contributed by atoms with E-state index in [1.54, 1.807) is 0 Å². The molecule has 0 radical (unpaired) electrons. The van der Waals surface area contributed by atoms with E-state index in [1.165, 1.54) is 6.20 Å². The van der Waals surface area contributed by atoms with Crippen LogP contribution < -0.4 is 11.1 Å². The number of carbonyl (C=O) groups excluding carboxylic acids is 1. The van der Waals surface area contributed by atoms with Crippen LogP contribution in [0, 0.1) is 0 Å². The molecule has 8 heteroatoms. The summed E-state index contributed by atoms with van der Waals surface area (Å²) in [6, 6.07) is 0. The third-order valence-electron chi connectivity index (χ3n) is 3.98. The van der Waals surface area contributed by atoms with Gasteiger partial charge in [0.2, 0.25) is 15.0 Å². The molecule has 1 aliphatic rings. The largest absolute Gasteiger partial charge is 0.365 e. The van der Waals surface area contributed by atoms with Crippen LogP contribution in [0.15, 0.2) is 11.4 Å². The van der Waals surface area contributed by atoms with Gasteiger partial charge in [-0.2, -0.15) is 0 Å². The Morgan fingerprint density at radius 2 is 2.05 bits per heavy atom. The van der Waals surface area contributed by atoms with Crippen LogP contribution in [0.5, 0.6) is 0 Å². The Morgan fingerprint density at radius 3 is 2.52 bits per heavy atom. The zero-order chi connectivity index (χ0) is 15.7. The third kappa shape index (κ3) is 3.31. The minimum atomic E-state index is -3.54. The SMILES string of the molecule is CCC1(Nc2nc(S(C)(=O)=O)ncc2C(N)=O)CCCC1. The summed E-state index contributed by atoms with van der Waals surface area (Å²) < 4.78 is 23.2. The van der Waals surface area contributed by atoms with Gasteiger partial charge in [0.15, 0.2) is 0 Å². The smallest absolute Gasteiger partial charge is 0.254 e. The first-order chi connectivity index (χ1) is 9.77. The molecule has 1 amide bonds. The number of nitrogens with one attached hydrogen (secondary N) is 1. The lowest BCUT2D eigenvalue weighted by Crippen LogP contribution is -2.36. The number of sulfone groups is 1. The second kappa shape index (κ2) is 5.59. The van der Waals surface area contributed by atoms with Gasteiger partial charge in [-0.15, -0.1) is 0 Å². The molecule has 7 nitrogen and oxygen atoms in total. The molecular weight excluding hydrogens is 292 g/mol. The molecule has 0 aliphatic heterocycles. The fourth-order valence-corrected chi connectivity index (χ4v) is 3.19. The molecule has 0 atom stereocenters. The Hall–Kier alpha value is -1.70. The van der Waals surface area contributed by atoms with Crippen molar-refractivity contribution in [3.63, 3.8) is 0 Å². The number of rotatable bonds is 5. The van der Waals surface area contributed by atoms with Gasteiger partial charge in [0.25, 0.3) is 5.91 Å². The molecule has 1 saturated carbocycles. The first-order valence-electron chi connectivity index (χ1n) is 6.92. The van der Waals surface area contributed by atoms with Gasteiger partial charge in [-0.25, -0.2) is 18.4 Å². The lowest BCUT2D eigenvalue weighted by Gasteiger charge is -2.30. The highest BCUT2D eigenvalue weighted by Gasteiger charge is 2.33. The van der Waals surface area contributed by atoms with E-state index in [2.05, 4.69) is 22.2 Å². The van der Waals surface area contributed by atoms with Crippen LogP contribution in [-0.4, -0.2) is 36.1 Å². The van der Waals surface area contributed by atoms with Gasteiger partial charge < -0.3 is 11.1 Å². The van der Waals surface area contributed by atoms with Crippen LogP contribution >= 0.6 is 0 Å². The van der Waals surface area contributed by atoms with Crippen molar-refractivity contribution in [2.24, 2.45) is 5.73 Å². The number of hydrogen-bond acceptors (Lipinski definition) is 6. The molecule has 0 bridgehead atoms. The van der Waals surface area contributed by atoms with Gasteiger partial charge in [-0.1, -0.05) is 19.8 Å². The summed E-state index contributed by atoms with van der Waals surface area (Å²) in [4.78, 5) is 19.2. The molecule has 1 aromatic rings. The number of anilines is 1. The van der Waals surface area contributed by atoms with Gasteiger partial charge in [0.05, 0.1) is 5.56 Å². The maximum Gasteiger partial charge on any atom is 0.254 e. The van der Waals surface area contributed by atoms with E-state index in [0.717, 1.165) is 38.4 Å². The fraction of sp³-hybridized carbons (Fsp3) is 0.615. The first-order valence-corrected chi connectivity index (χ1v) is 8.82. The number of hydrogen-bond donors (Lipinski definition) is 2. The summed E-state index contributed by atoms with van der Waals surface area (Å²) in [5, 5.41) is 2.94. The van der Waals surface area contributed by atoms with Crippen LogP contribution in [0.25, 0.3) is 0 Å². The Kier molecular flexibility index (Phi) is 4.18. The standard InChI is InChI=1S/C13H20N4O3S/c1-3-13(6-4-5-7-13)17-11-9(10(14)18)8-15-12(16-11)21(2,19)20/h8H,3-7H2,1-2H3,(H2,14,18)(H,15,16,17). The summed E-state index contributed by atoms with van der Waals surface area (Å²) in [5.74, 6) is -0.469. The van der Waals surface area contributed by atoms with Gasteiger partial charge >= 0.3 is 0 Å². The van der Waals surface area contributed by atoms with Crippen molar-refractivity contribution in [3.8, 4) is 0 Å². The third-order valence-corrected chi connectivity index (χ3v) is 4.84. The highest BCUT2D eigenvalue weighted by Crippen LogP contribution is 2.36. The predicted octanol–water partition coefficient (Wildman–Crippen LogP) is 1.11. The zero-order valence-electron chi connectivity index (χ0n) is 12.2. The van der Waals surface area contributed by atoms with Crippen molar-refractivity contribution < 1.29 is 13.2 Å². The number of carbonyl (C=O) groups is 1. The first kappa shape index (κ1) is 15.7. The van der Waals surface area contributed by atoms with Gasteiger partial charge in [0.1, 0.15) is 5.82 Å². The molecule has 1 heterocycles. The average Bonchev–Trinajstić information content (AvgIpc) is 2.86. The molecule has 0 saturated heterocycles. The molecule has 1 aliphatic carbocycles. The number of nitrogens with zero attached hydrogens (tertiary/aromatic N) is 2. The van der Waals surface area contributed by atoms with E-state index in [-0.39, 0.29) is 22.1 Å². The minimum Gasteiger partial charge on any atom is -0.365 e. The van der Waals surface area contributed by atoms with E-state index in [9.17, 15) is 13.2 Å². The maximum atomic E-state index is 11.6. The maximum absolute atomic E-state index is 11.6. The Bertz CT molecular complexity index is 651. The summed E-state index contributed by atoms with van der Waals surface area (Å²) in [6.07, 6.45) is 7.17. The van der Waals surface area contributed by atoms with Crippen LogP contribution in [-0.2, 0) is 9.84 Å². The van der Waals surface area contributed by atoms with Gasteiger partial charge in [-0.05, 0) is 19.3 Å². The van der Waals surface area contributed by atoms with Gasteiger partial charge in [0, 0.05) is 18.0 Å². The minimum absolute atomic E-state index is 0.113. The lowest BCUT2D eigenvalue weighted by molar-refractivity contribution is 0.1000. The molecule has 3 N–H and O–H groups in total. The number of primary amides is 1. The van der Waals surface area contributed by atoms with Crippen LogP contribution in [0.1, 0.15) is 49.4 Å². The van der Waals surface area contributed by atoms with E-state index < -0.39 is 15.7 Å². The summed E-state index contributed by atoms with van der Waals surface area (Å²) in [6.45, 7) is 2.06. The van der Waals surface area contributed by atoms with Crippen molar-refractivity contribution in [2.75, 3.05) is 11.6 Å². The topological polar surface area (TPSA) is 115 Å². The molecule has 0 unspecified atom stereocenters. The lowest BCUT2D eigenvalue weighted by atomic mass is 9.94. The quantitative estimate of drug-likeness (QED) is 0.787. The number of aromatic nitrogens is 2. The molecule has 0 aromatic carbocycles. The van der Waals surface area contributed by atoms with Crippen molar-refractivity contribution in [3.05, 3.63) is 11.8 Å². The van der Waals surface area contributed by atoms with Crippen LogP contribution in [0.2, 0.25) is 0 Å². The van der Waals surface area contributed by atoms with Gasteiger partial charge in [-0.3, -0.25) is 4.79 Å². The Balaban J connectivity index is 2.46. The molecular formula is C13H20N4O3S. The van der Waals surface area contributed by atoms with Crippen molar-refractivity contribution in [2.45, 2.75) is 49.7 Å². The normalized spacial score (nSPS) is 17.6. The second-order valence-corrected chi connectivity index (χ2v) is 7.43. The monoisotopic (exact) mass is 312 g/mol. The van der Waals surface area contributed by atoms with E-state index in [0.29, 0.717) is 0 Å². The predicted molar refractivity (Wildman–Crippen MR) is 78.8 cm³/mol. The average molecular weight is 312 g/mol. The summed E-state index contributed by atoms with van der Waals surface area (Å²) in [5.41, 5.74) is 5.28. The van der Waals surface area contributed by atoms with E-state index in [1.807, 2.05) is 0 Å². The van der Waals surface area contributed by atoms with E-state index >= 15 is 0 Å². The van der Waals surface area contributed by atoms with Crippen molar-refractivity contribution in [1.82, 2.24) is 9.97 Å². The van der Waals surface area contributed by atoms with Crippen molar-refractivity contribution in [1.29, 1.82) is 0 Å². The molecule has 21 heavy (non-hydrogen) atoms. The highest BCUT2D eigenvalue weighted by atomic mass is 32.2. The van der Waals surface area contributed by atoms with Crippen molar-refractivity contribution >= 4 is 21.6 Å². The van der Waals surface area contributed by atoms with Crippen LogP contribution in [0.3, 0.4) is 0 Å². The highest BCUT2D eigenvalue weighted by molar-refractivity contribution is 7.90. The molecule has 116 valence electrons. The van der Waals surface area contributed by atoms with E-state index in [4.69, 9.17) is 5.73 Å². The summed E-state index contributed by atoms with van der Waals surface area (Å²) in [7, 11) is -3.54. The molecule has 1 fully saturated rings. The Morgan fingerprint density at radius 1 is 1.43 bits per heavy atom. The molecule has 0 spiro atoms. The Labute approximate surface area is 124 Å². The van der Waals surface area contributed by atoms with Crippen LogP contribution in [0.4, 0.5) is 5.82 Å². The molecule has 2 rings (SSSR count). The number of nitrogens with two attached hydrogens (primary N) is 1. The summed E-state index contributed by atoms with van der Waals surface area (Å²) >= 11 is 0. The zero-order valence-corrected chi connectivity index (χ0v) is 13.0. The second-order valence-electron chi connectivity index (χ2n) is 5.52. The number of amides is 1. The molecule has 1 aromatic heterocycles.